The first-order valence-electron chi connectivity index (χ1n) is 7.43. The first kappa shape index (κ1) is 16.6. The number of rotatable bonds is 8. The minimum atomic E-state index is 0.426. The highest BCUT2D eigenvalue weighted by atomic mass is 16.5. The summed E-state index contributed by atoms with van der Waals surface area (Å²) in [5.74, 6) is 2.79. The summed E-state index contributed by atoms with van der Waals surface area (Å²) in [4.78, 5) is 13.0. The van der Waals surface area contributed by atoms with Crippen LogP contribution in [0.25, 0.3) is 0 Å². The van der Waals surface area contributed by atoms with E-state index in [2.05, 4.69) is 30.9 Å². The molecule has 0 unspecified atom stereocenters. The Morgan fingerprint density at radius 3 is 2.00 bits per heavy atom. The van der Waals surface area contributed by atoms with Crippen LogP contribution in [0.3, 0.4) is 0 Å². The van der Waals surface area contributed by atoms with Crippen LogP contribution in [0.5, 0.6) is 11.5 Å². The van der Waals surface area contributed by atoms with Crippen molar-refractivity contribution in [3.8, 4) is 11.5 Å². The van der Waals surface area contributed by atoms with Crippen LogP contribution < -0.4 is 25.4 Å². The van der Waals surface area contributed by atoms with Crippen molar-refractivity contribution in [1.82, 2.24) is 15.0 Å². The highest BCUT2D eigenvalue weighted by Crippen LogP contribution is 2.30. The van der Waals surface area contributed by atoms with E-state index < -0.39 is 0 Å². The maximum Gasteiger partial charge on any atom is 0.233 e. The van der Waals surface area contributed by atoms with E-state index in [0.29, 0.717) is 29.3 Å². The summed E-state index contributed by atoms with van der Waals surface area (Å²) in [6.45, 7) is 5.41. The van der Waals surface area contributed by atoms with Gasteiger partial charge >= 0.3 is 0 Å². The summed E-state index contributed by atoms with van der Waals surface area (Å²) in [6, 6.07) is 5.48. The van der Waals surface area contributed by atoms with Crippen molar-refractivity contribution in [2.75, 3.05) is 43.3 Å². The fourth-order valence-electron chi connectivity index (χ4n) is 1.93. The quantitative estimate of drug-likeness (QED) is 0.683. The lowest BCUT2D eigenvalue weighted by molar-refractivity contribution is 0.395. The van der Waals surface area contributed by atoms with Gasteiger partial charge in [0, 0.05) is 19.2 Å². The lowest BCUT2D eigenvalue weighted by Crippen LogP contribution is -2.11. The Morgan fingerprint density at radius 2 is 1.48 bits per heavy atom. The third kappa shape index (κ3) is 4.35. The molecule has 1 aromatic carbocycles. The van der Waals surface area contributed by atoms with Crippen molar-refractivity contribution in [1.29, 1.82) is 0 Å². The van der Waals surface area contributed by atoms with Crippen LogP contribution >= 0.6 is 0 Å². The average molecular weight is 318 g/mol. The molecule has 2 rings (SSSR count). The maximum absolute atomic E-state index is 5.37. The predicted molar refractivity (Wildman–Crippen MR) is 91.0 cm³/mol. The maximum atomic E-state index is 5.37. The zero-order chi connectivity index (χ0) is 16.7. The molecule has 0 radical (unpaired) electrons. The van der Waals surface area contributed by atoms with Crippen molar-refractivity contribution in [3.05, 3.63) is 18.2 Å². The van der Waals surface area contributed by atoms with Gasteiger partial charge in [0.05, 0.1) is 19.9 Å². The van der Waals surface area contributed by atoms with Crippen LogP contribution in [-0.2, 0) is 0 Å². The molecule has 8 nitrogen and oxygen atoms in total. The molecule has 0 saturated heterocycles. The zero-order valence-corrected chi connectivity index (χ0v) is 13.8. The largest absolute Gasteiger partial charge is 0.497 e. The van der Waals surface area contributed by atoms with Crippen LogP contribution in [0.2, 0.25) is 0 Å². The van der Waals surface area contributed by atoms with Gasteiger partial charge in [0.15, 0.2) is 0 Å². The minimum absolute atomic E-state index is 0.426. The van der Waals surface area contributed by atoms with E-state index in [-0.39, 0.29) is 0 Å². The van der Waals surface area contributed by atoms with Gasteiger partial charge in [-0.1, -0.05) is 0 Å². The summed E-state index contributed by atoms with van der Waals surface area (Å²) >= 11 is 0. The third-order valence-electron chi connectivity index (χ3n) is 2.96. The number of nitrogens with one attached hydrogen (secondary N) is 3. The Morgan fingerprint density at radius 1 is 0.870 bits per heavy atom. The first-order valence-corrected chi connectivity index (χ1v) is 7.43. The molecule has 0 aliphatic carbocycles. The van der Waals surface area contributed by atoms with E-state index in [4.69, 9.17) is 9.47 Å². The Kier molecular flexibility index (Phi) is 5.79. The molecule has 1 aromatic heterocycles. The van der Waals surface area contributed by atoms with E-state index in [1.807, 2.05) is 26.0 Å². The Hall–Kier alpha value is -2.77. The monoisotopic (exact) mass is 318 g/mol. The van der Waals surface area contributed by atoms with E-state index in [1.165, 1.54) is 0 Å². The predicted octanol–water partition coefficient (Wildman–Crippen LogP) is 2.50. The zero-order valence-electron chi connectivity index (χ0n) is 13.8. The summed E-state index contributed by atoms with van der Waals surface area (Å²) in [6.07, 6.45) is 0. The van der Waals surface area contributed by atoms with Gasteiger partial charge < -0.3 is 25.4 Å². The van der Waals surface area contributed by atoms with Crippen LogP contribution in [0.15, 0.2) is 18.2 Å². The molecule has 124 valence electrons. The smallest absolute Gasteiger partial charge is 0.233 e. The molecule has 0 aliphatic rings. The number of benzene rings is 1. The highest BCUT2D eigenvalue weighted by Gasteiger charge is 2.10. The second kappa shape index (κ2) is 8.02. The van der Waals surface area contributed by atoms with Gasteiger partial charge in [-0.05, 0) is 26.0 Å². The van der Waals surface area contributed by atoms with Gasteiger partial charge in [-0.3, -0.25) is 0 Å². The number of hydrogen-bond acceptors (Lipinski definition) is 8. The summed E-state index contributed by atoms with van der Waals surface area (Å²) in [5, 5.41) is 9.32. The van der Waals surface area contributed by atoms with Gasteiger partial charge in [-0.15, -0.1) is 0 Å². The van der Waals surface area contributed by atoms with Gasteiger partial charge in [0.25, 0.3) is 0 Å². The van der Waals surface area contributed by atoms with Gasteiger partial charge in [-0.2, -0.15) is 15.0 Å². The molecule has 0 saturated carbocycles. The van der Waals surface area contributed by atoms with Crippen LogP contribution in [0, 0.1) is 0 Å². The Bertz CT molecular complexity index is 626. The molecule has 23 heavy (non-hydrogen) atoms. The lowest BCUT2D eigenvalue weighted by atomic mass is 10.2. The van der Waals surface area contributed by atoms with Crippen molar-refractivity contribution < 1.29 is 9.47 Å². The van der Waals surface area contributed by atoms with E-state index in [1.54, 1.807) is 20.3 Å². The molecule has 0 fully saturated rings. The molecular formula is C15H22N6O2. The summed E-state index contributed by atoms with van der Waals surface area (Å²) < 4.78 is 10.6. The molecule has 0 spiro atoms. The molecule has 8 heteroatoms. The fourth-order valence-corrected chi connectivity index (χ4v) is 1.93. The van der Waals surface area contributed by atoms with Gasteiger partial charge in [0.2, 0.25) is 17.8 Å². The van der Waals surface area contributed by atoms with Crippen LogP contribution in [-0.4, -0.2) is 42.3 Å². The molecule has 0 bridgehead atoms. The molecule has 0 atom stereocenters. The number of nitrogens with zero attached hydrogens (tertiary/aromatic N) is 3. The van der Waals surface area contributed by atoms with Crippen LogP contribution in [0.1, 0.15) is 13.8 Å². The molecule has 0 amide bonds. The number of ether oxygens (including phenoxy) is 2. The van der Waals surface area contributed by atoms with E-state index >= 15 is 0 Å². The molecule has 1 heterocycles. The number of hydrogen-bond donors (Lipinski definition) is 3. The van der Waals surface area contributed by atoms with Crippen molar-refractivity contribution >= 4 is 23.5 Å². The number of methoxy groups -OCH3 is 2. The molecule has 0 aliphatic heterocycles. The summed E-state index contributed by atoms with van der Waals surface area (Å²) in [7, 11) is 3.21. The van der Waals surface area contributed by atoms with Gasteiger partial charge in [0.1, 0.15) is 11.5 Å². The van der Waals surface area contributed by atoms with E-state index in [0.717, 1.165) is 18.8 Å². The highest BCUT2D eigenvalue weighted by molar-refractivity contribution is 5.65. The van der Waals surface area contributed by atoms with Crippen molar-refractivity contribution in [2.24, 2.45) is 0 Å². The van der Waals surface area contributed by atoms with Crippen LogP contribution in [0.4, 0.5) is 23.5 Å². The summed E-state index contributed by atoms with van der Waals surface area (Å²) in [5.41, 5.74) is 0.740. The number of aromatic nitrogens is 3. The van der Waals surface area contributed by atoms with E-state index in [9.17, 15) is 0 Å². The Labute approximate surface area is 135 Å². The van der Waals surface area contributed by atoms with Crippen molar-refractivity contribution in [3.63, 3.8) is 0 Å². The standard InChI is InChI=1S/C15H22N6O2/c1-5-16-13-19-14(17-6-2)21-15(20-13)18-11-8-7-10(22-3)9-12(11)23-4/h7-9H,5-6H2,1-4H3,(H3,16,17,18,19,20,21). The lowest BCUT2D eigenvalue weighted by Gasteiger charge is -2.13. The second-order valence-corrected chi connectivity index (χ2v) is 4.56. The average Bonchev–Trinajstić information content (AvgIpc) is 2.55. The molecule has 2 aromatic rings. The van der Waals surface area contributed by atoms with Crippen molar-refractivity contribution in [2.45, 2.75) is 13.8 Å². The topological polar surface area (TPSA) is 93.2 Å². The second-order valence-electron chi connectivity index (χ2n) is 4.56. The SMILES string of the molecule is CCNc1nc(NCC)nc(Nc2ccc(OC)cc2OC)n1. The number of anilines is 4. The Balaban J connectivity index is 2.31. The van der Waals surface area contributed by atoms with Gasteiger partial charge in [-0.25, -0.2) is 0 Å². The first-order chi connectivity index (χ1) is 11.2. The third-order valence-corrected chi connectivity index (χ3v) is 2.96. The molecule has 3 N–H and O–H groups in total. The fraction of sp³-hybridized carbons (Fsp3) is 0.400. The molecular weight excluding hydrogens is 296 g/mol. The minimum Gasteiger partial charge on any atom is -0.497 e. The normalized spacial score (nSPS) is 10.1.